The van der Waals surface area contributed by atoms with Gasteiger partial charge in [0.2, 0.25) is 6.29 Å². The number of aliphatic hydroxyl groups is 1. The van der Waals surface area contributed by atoms with Gasteiger partial charge in [-0.15, -0.1) is 0 Å². The van der Waals surface area contributed by atoms with E-state index < -0.39 is 6.29 Å². The van der Waals surface area contributed by atoms with Crippen molar-refractivity contribution in [2.24, 2.45) is 0 Å². The SMILES string of the molecule is C=C(C)[C@H](O)Oc1ccc(O)c(CC)c1. The van der Waals surface area contributed by atoms with Gasteiger partial charge < -0.3 is 14.9 Å². The predicted molar refractivity (Wildman–Crippen MR) is 58.9 cm³/mol. The van der Waals surface area contributed by atoms with Crippen LogP contribution in [0.25, 0.3) is 0 Å². The molecular formula is C12H16O3. The Bertz CT molecular complexity index is 358. The van der Waals surface area contributed by atoms with Crippen LogP contribution in [0.15, 0.2) is 30.4 Å². The standard InChI is InChI=1S/C12H16O3/c1-4-9-7-10(5-6-11(9)13)15-12(14)8(2)3/h5-7,12-14H,2,4H2,1,3H3/t12-/m1/s1. The molecule has 0 aliphatic heterocycles. The van der Waals surface area contributed by atoms with Gasteiger partial charge in [-0.1, -0.05) is 13.5 Å². The molecular weight excluding hydrogens is 192 g/mol. The number of phenols is 1. The van der Waals surface area contributed by atoms with Crippen LogP contribution in [-0.2, 0) is 6.42 Å². The lowest BCUT2D eigenvalue weighted by Crippen LogP contribution is -2.16. The molecule has 2 N–H and O–H groups in total. The number of rotatable bonds is 4. The van der Waals surface area contributed by atoms with Crippen LogP contribution in [0.4, 0.5) is 0 Å². The summed E-state index contributed by atoms with van der Waals surface area (Å²) in [6.07, 6.45) is -0.286. The van der Waals surface area contributed by atoms with Crippen molar-refractivity contribution in [3.05, 3.63) is 35.9 Å². The summed E-state index contributed by atoms with van der Waals surface area (Å²) >= 11 is 0. The first-order valence-electron chi connectivity index (χ1n) is 4.86. The molecule has 1 aromatic carbocycles. The Morgan fingerprint density at radius 2 is 2.20 bits per heavy atom. The molecule has 0 spiro atoms. The van der Waals surface area contributed by atoms with Crippen LogP contribution in [0.3, 0.4) is 0 Å². The van der Waals surface area contributed by atoms with Crippen molar-refractivity contribution < 1.29 is 14.9 Å². The quantitative estimate of drug-likeness (QED) is 0.589. The van der Waals surface area contributed by atoms with E-state index in [4.69, 9.17) is 4.74 Å². The third-order valence-electron chi connectivity index (χ3n) is 2.10. The molecule has 0 heterocycles. The maximum atomic E-state index is 9.44. The lowest BCUT2D eigenvalue weighted by molar-refractivity contribution is 0.0150. The van der Waals surface area contributed by atoms with Gasteiger partial charge >= 0.3 is 0 Å². The zero-order chi connectivity index (χ0) is 11.4. The van der Waals surface area contributed by atoms with E-state index >= 15 is 0 Å². The van der Waals surface area contributed by atoms with Crippen molar-refractivity contribution in [2.45, 2.75) is 26.6 Å². The number of benzene rings is 1. The smallest absolute Gasteiger partial charge is 0.219 e. The number of aryl methyl sites for hydroxylation is 1. The van der Waals surface area contributed by atoms with Crippen molar-refractivity contribution in [1.29, 1.82) is 0 Å². The molecule has 3 nitrogen and oxygen atoms in total. The lowest BCUT2D eigenvalue weighted by atomic mass is 10.1. The molecule has 0 radical (unpaired) electrons. The second-order valence-electron chi connectivity index (χ2n) is 3.46. The topological polar surface area (TPSA) is 49.7 Å². The number of hydrogen-bond donors (Lipinski definition) is 2. The van der Waals surface area contributed by atoms with Gasteiger partial charge in [-0.2, -0.15) is 0 Å². The summed E-state index contributed by atoms with van der Waals surface area (Å²) in [5, 5.41) is 18.9. The van der Waals surface area contributed by atoms with Crippen LogP contribution in [-0.4, -0.2) is 16.5 Å². The van der Waals surface area contributed by atoms with Gasteiger partial charge in [-0.3, -0.25) is 0 Å². The van der Waals surface area contributed by atoms with E-state index in [-0.39, 0.29) is 5.75 Å². The molecule has 0 saturated heterocycles. The molecule has 1 atom stereocenters. The Morgan fingerprint density at radius 3 is 2.73 bits per heavy atom. The molecule has 0 unspecified atom stereocenters. The lowest BCUT2D eigenvalue weighted by Gasteiger charge is -2.14. The fourth-order valence-corrected chi connectivity index (χ4v) is 1.15. The van der Waals surface area contributed by atoms with Crippen molar-refractivity contribution in [3.8, 4) is 11.5 Å². The minimum atomic E-state index is -1.00. The normalized spacial score (nSPS) is 12.2. The molecule has 0 bridgehead atoms. The molecule has 1 rings (SSSR count). The summed E-state index contributed by atoms with van der Waals surface area (Å²) in [4.78, 5) is 0. The zero-order valence-corrected chi connectivity index (χ0v) is 9.03. The minimum Gasteiger partial charge on any atom is -0.508 e. The number of aromatic hydroxyl groups is 1. The van der Waals surface area contributed by atoms with Gasteiger partial charge in [0.1, 0.15) is 11.5 Å². The summed E-state index contributed by atoms with van der Waals surface area (Å²) in [6, 6.07) is 4.88. The molecule has 0 fully saturated rings. The van der Waals surface area contributed by atoms with E-state index in [9.17, 15) is 10.2 Å². The molecule has 0 amide bonds. The number of phenolic OH excluding ortho intramolecular Hbond substituents is 1. The summed E-state index contributed by atoms with van der Waals surface area (Å²) < 4.78 is 5.22. The summed E-state index contributed by atoms with van der Waals surface area (Å²) in [6.45, 7) is 7.21. The highest BCUT2D eigenvalue weighted by molar-refractivity contribution is 5.39. The van der Waals surface area contributed by atoms with Gasteiger partial charge in [0.15, 0.2) is 0 Å². The average molecular weight is 208 g/mol. The summed E-state index contributed by atoms with van der Waals surface area (Å²) in [5.41, 5.74) is 1.34. The first-order valence-corrected chi connectivity index (χ1v) is 4.86. The third kappa shape index (κ3) is 2.99. The van der Waals surface area contributed by atoms with E-state index in [1.807, 2.05) is 6.92 Å². The molecule has 15 heavy (non-hydrogen) atoms. The van der Waals surface area contributed by atoms with Gasteiger partial charge in [-0.05, 0) is 42.7 Å². The fourth-order valence-electron chi connectivity index (χ4n) is 1.15. The Morgan fingerprint density at radius 1 is 1.53 bits per heavy atom. The molecule has 0 aliphatic carbocycles. The zero-order valence-electron chi connectivity index (χ0n) is 9.03. The van der Waals surface area contributed by atoms with Crippen molar-refractivity contribution >= 4 is 0 Å². The largest absolute Gasteiger partial charge is 0.508 e. The van der Waals surface area contributed by atoms with Gasteiger partial charge in [0.05, 0.1) is 0 Å². The first kappa shape index (κ1) is 11.6. The van der Waals surface area contributed by atoms with Gasteiger partial charge in [0.25, 0.3) is 0 Å². The van der Waals surface area contributed by atoms with E-state index in [0.717, 1.165) is 5.56 Å². The van der Waals surface area contributed by atoms with E-state index in [0.29, 0.717) is 17.7 Å². The van der Waals surface area contributed by atoms with Crippen molar-refractivity contribution in [3.63, 3.8) is 0 Å². The number of ether oxygens (including phenoxy) is 1. The molecule has 3 heteroatoms. The maximum Gasteiger partial charge on any atom is 0.219 e. The van der Waals surface area contributed by atoms with Crippen LogP contribution in [0, 0.1) is 0 Å². The Labute approximate surface area is 89.6 Å². The molecule has 0 aromatic heterocycles. The highest BCUT2D eigenvalue weighted by Crippen LogP contribution is 2.24. The van der Waals surface area contributed by atoms with Crippen LogP contribution < -0.4 is 4.74 Å². The third-order valence-corrected chi connectivity index (χ3v) is 2.10. The van der Waals surface area contributed by atoms with Crippen LogP contribution >= 0.6 is 0 Å². The fraction of sp³-hybridized carbons (Fsp3) is 0.333. The van der Waals surface area contributed by atoms with Crippen LogP contribution in [0.1, 0.15) is 19.4 Å². The predicted octanol–water partition coefficient (Wildman–Crippen LogP) is 2.23. The molecule has 0 aliphatic rings. The number of aliphatic hydroxyl groups excluding tert-OH is 1. The minimum absolute atomic E-state index is 0.245. The van der Waals surface area contributed by atoms with Crippen molar-refractivity contribution in [2.75, 3.05) is 0 Å². The Hall–Kier alpha value is -1.48. The molecule has 82 valence electrons. The summed E-state index contributed by atoms with van der Waals surface area (Å²) in [5.74, 6) is 0.773. The Kier molecular flexibility index (Phi) is 3.74. The molecule has 0 saturated carbocycles. The van der Waals surface area contributed by atoms with E-state index in [1.54, 1.807) is 25.1 Å². The van der Waals surface area contributed by atoms with E-state index in [2.05, 4.69) is 6.58 Å². The van der Waals surface area contributed by atoms with Crippen LogP contribution in [0.2, 0.25) is 0 Å². The summed E-state index contributed by atoms with van der Waals surface area (Å²) in [7, 11) is 0. The van der Waals surface area contributed by atoms with Gasteiger partial charge in [0, 0.05) is 0 Å². The second-order valence-corrected chi connectivity index (χ2v) is 3.46. The first-order chi connectivity index (χ1) is 7.04. The maximum absolute atomic E-state index is 9.44. The van der Waals surface area contributed by atoms with E-state index in [1.165, 1.54) is 0 Å². The highest BCUT2D eigenvalue weighted by Gasteiger charge is 2.07. The van der Waals surface area contributed by atoms with Gasteiger partial charge in [-0.25, -0.2) is 0 Å². The monoisotopic (exact) mass is 208 g/mol. The number of hydrogen-bond acceptors (Lipinski definition) is 3. The van der Waals surface area contributed by atoms with Crippen molar-refractivity contribution in [1.82, 2.24) is 0 Å². The average Bonchev–Trinajstić information content (AvgIpc) is 2.20. The Balaban J connectivity index is 2.83. The second kappa shape index (κ2) is 4.84. The highest BCUT2D eigenvalue weighted by atomic mass is 16.6. The molecule has 1 aromatic rings. The van der Waals surface area contributed by atoms with Crippen LogP contribution in [0.5, 0.6) is 11.5 Å².